The van der Waals surface area contributed by atoms with Crippen LogP contribution in [0.1, 0.15) is 63.0 Å². The summed E-state index contributed by atoms with van der Waals surface area (Å²) >= 11 is 0. The van der Waals surface area contributed by atoms with Crippen molar-refractivity contribution in [1.29, 1.82) is 0 Å². The largest absolute Gasteiger partial charge is 0.454 e. The van der Waals surface area contributed by atoms with E-state index in [0.29, 0.717) is 23.8 Å². The lowest BCUT2D eigenvalue weighted by Gasteiger charge is -2.30. The summed E-state index contributed by atoms with van der Waals surface area (Å²) in [6, 6.07) is 15.5. The zero-order valence-electron chi connectivity index (χ0n) is 19.9. The molecule has 0 unspecified atom stereocenters. The Kier molecular flexibility index (Phi) is 6.01. The van der Waals surface area contributed by atoms with E-state index in [1.54, 1.807) is 0 Å². The topological polar surface area (TPSA) is 85.7 Å². The van der Waals surface area contributed by atoms with Gasteiger partial charge in [-0.05, 0) is 81.5 Å². The van der Waals surface area contributed by atoms with E-state index >= 15 is 0 Å². The molecule has 0 atom stereocenters. The van der Waals surface area contributed by atoms with Crippen LogP contribution in [0.25, 0.3) is 0 Å². The fourth-order valence-electron chi connectivity index (χ4n) is 4.89. The normalized spacial score (nSPS) is 15.5. The third kappa shape index (κ3) is 4.38. The smallest absolute Gasteiger partial charge is 0.338 e. The van der Waals surface area contributed by atoms with Crippen LogP contribution < -0.4 is 4.31 Å². The molecule has 35 heavy (non-hydrogen) atoms. The molecule has 182 valence electrons. The second-order valence-electron chi connectivity index (χ2n) is 9.22. The van der Waals surface area contributed by atoms with E-state index in [0.717, 1.165) is 42.6 Å². The number of aryl methyl sites for hydroxylation is 2. The molecule has 0 bridgehead atoms. The highest BCUT2D eigenvalue weighted by molar-refractivity contribution is 7.92. The molecule has 1 aliphatic heterocycles. The van der Waals surface area contributed by atoms with Gasteiger partial charge in [0.2, 0.25) is 5.78 Å². The first-order chi connectivity index (χ1) is 16.8. The number of ketones is 1. The van der Waals surface area contributed by atoms with Gasteiger partial charge < -0.3 is 9.30 Å². The quantitative estimate of drug-likeness (QED) is 0.355. The van der Waals surface area contributed by atoms with Crippen molar-refractivity contribution in [3.8, 4) is 0 Å². The van der Waals surface area contributed by atoms with Crippen molar-refractivity contribution in [3.05, 3.63) is 82.7 Å². The zero-order chi connectivity index (χ0) is 24.7. The number of rotatable bonds is 7. The Morgan fingerprint density at radius 2 is 1.74 bits per heavy atom. The maximum Gasteiger partial charge on any atom is 0.338 e. The molecule has 1 aliphatic carbocycles. The van der Waals surface area contributed by atoms with Crippen molar-refractivity contribution in [1.82, 2.24) is 4.57 Å². The van der Waals surface area contributed by atoms with Gasteiger partial charge >= 0.3 is 5.97 Å². The second kappa shape index (κ2) is 9.00. The molecule has 1 saturated carbocycles. The minimum atomic E-state index is -3.76. The number of carbonyl (C=O) groups excluding carboxylic acids is 2. The number of hydrogen-bond donors (Lipinski definition) is 0. The van der Waals surface area contributed by atoms with Gasteiger partial charge in [-0.15, -0.1) is 0 Å². The molecule has 2 aliphatic rings. The van der Waals surface area contributed by atoms with Crippen LogP contribution in [0.4, 0.5) is 5.69 Å². The fraction of sp³-hybridized carbons (Fsp3) is 0.333. The van der Waals surface area contributed by atoms with Gasteiger partial charge in [0.1, 0.15) is 0 Å². The first kappa shape index (κ1) is 23.4. The van der Waals surface area contributed by atoms with Crippen LogP contribution in [-0.2, 0) is 21.2 Å². The van der Waals surface area contributed by atoms with Gasteiger partial charge in [0.05, 0.1) is 16.1 Å². The molecular formula is C27H28N2O5S. The predicted molar refractivity (Wildman–Crippen MR) is 133 cm³/mol. The third-order valence-electron chi connectivity index (χ3n) is 6.78. The maximum atomic E-state index is 13.3. The van der Waals surface area contributed by atoms with Crippen LogP contribution in [0.2, 0.25) is 0 Å². The first-order valence-electron chi connectivity index (χ1n) is 11.9. The minimum Gasteiger partial charge on any atom is -0.454 e. The van der Waals surface area contributed by atoms with Gasteiger partial charge in [-0.25, -0.2) is 13.2 Å². The van der Waals surface area contributed by atoms with Gasteiger partial charge in [-0.1, -0.05) is 18.2 Å². The fourth-order valence-corrected chi connectivity index (χ4v) is 6.43. The average Bonchev–Trinajstić information content (AvgIpc) is 3.65. The van der Waals surface area contributed by atoms with E-state index in [9.17, 15) is 18.0 Å². The van der Waals surface area contributed by atoms with Gasteiger partial charge in [0, 0.05) is 29.5 Å². The number of carbonyl (C=O) groups is 2. The van der Waals surface area contributed by atoms with Crippen molar-refractivity contribution < 1.29 is 22.7 Å². The van der Waals surface area contributed by atoms with Crippen molar-refractivity contribution in [3.63, 3.8) is 0 Å². The number of fused-ring (bicyclic) bond motifs is 1. The summed E-state index contributed by atoms with van der Waals surface area (Å²) in [4.78, 5) is 25.3. The number of benzene rings is 2. The van der Waals surface area contributed by atoms with E-state index < -0.39 is 16.0 Å². The predicted octanol–water partition coefficient (Wildman–Crippen LogP) is 4.62. The first-order valence-corrected chi connectivity index (χ1v) is 13.3. The summed E-state index contributed by atoms with van der Waals surface area (Å²) in [7, 11) is -3.76. The molecule has 5 rings (SSSR count). The Morgan fingerprint density at radius 3 is 2.46 bits per heavy atom. The van der Waals surface area contributed by atoms with Crippen LogP contribution >= 0.6 is 0 Å². The molecule has 8 heteroatoms. The van der Waals surface area contributed by atoms with Crippen LogP contribution in [0.15, 0.2) is 59.5 Å². The van der Waals surface area contributed by atoms with Crippen LogP contribution in [0.5, 0.6) is 0 Å². The molecule has 0 spiro atoms. The highest BCUT2D eigenvalue weighted by atomic mass is 32.2. The standard InChI is InChI=1S/C27H28N2O5S/c1-18-16-24(19(2)29(18)22-11-12-22)26(30)17-34-27(31)21-9-13-23(14-10-21)35(32,33)28-15-5-7-20-6-3-4-8-25(20)28/h3-4,6,8-10,13-14,16,22H,5,7,11-12,15,17H2,1-2H3. The van der Waals surface area contributed by atoms with E-state index in [1.165, 1.54) is 28.6 Å². The minimum absolute atomic E-state index is 0.106. The molecule has 0 saturated heterocycles. The lowest BCUT2D eigenvalue weighted by molar-refractivity contribution is 0.0474. The number of esters is 1. The summed E-state index contributed by atoms with van der Waals surface area (Å²) < 4.78 is 35.4. The van der Waals surface area contributed by atoms with Crippen molar-refractivity contribution in [2.24, 2.45) is 0 Å². The van der Waals surface area contributed by atoms with Crippen LogP contribution in [0.3, 0.4) is 0 Å². The van der Waals surface area contributed by atoms with Crippen LogP contribution in [0, 0.1) is 13.8 Å². The van der Waals surface area contributed by atoms with Gasteiger partial charge in [-0.2, -0.15) is 0 Å². The maximum absolute atomic E-state index is 13.3. The SMILES string of the molecule is Cc1cc(C(=O)COC(=O)c2ccc(S(=O)(=O)N3CCCc4ccccc43)cc2)c(C)n1C1CC1. The number of ether oxygens (including phenoxy) is 1. The average molecular weight is 493 g/mol. The molecule has 7 nitrogen and oxygen atoms in total. The van der Waals surface area contributed by atoms with Gasteiger partial charge in [-0.3, -0.25) is 9.10 Å². The summed E-state index contributed by atoms with van der Waals surface area (Å²) in [6.07, 6.45) is 3.83. The van der Waals surface area contributed by atoms with E-state index in [1.807, 2.05) is 44.2 Å². The van der Waals surface area contributed by atoms with Crippen molar-refractivity contribution in [2.45, 2.75) is 50.5 Å². The molecular weight excluding hydrogens is 464 g/mol. The van der Waals surface area contributed by atoms with Gasteiger partial charge in [0.25, 0.3) is 10.0 Å². The van der Waals surface area contributed by atoms with Crippen molar-refractivity contribution >= 4 is 27.5 Å². The lowest BCUT2D eigenvalue weighted by Crippen LogP contribution is -2.35. The Morgan fingerprint density at radius 1 is 1.03 bits per heavy atom. The molecule has 2 heterocycles. The lowest BCUT2D eigenvalue weighted by atomic mass is 10.0. The number of aromatic nitrogens is 1. The Labute approximate surface area is 205 Å². The van der Waals surface area contributed by atoms with Crippen molar-refractivity contribution in [2.75, 3.05) is 17.5 Å². The molecule has 1 fully saturated rings. The summed E-state index contributed by atoms with van der Waals surface area (Å²) in [5.74, 6) is -0.914. The molecule has 1 aromatic heterocycles. The monoisotopic (exact) mass is 492 g/mol. The molecule has 0 N–H and O–H groups in total. The molecule has 3 aromatic rings. The summed E-state index contributed by atoms with van der Waals surface area (Å²) in [5.41, 5.74) is 4.41. The number of para-hydroxylation sites is 1. The number of nitrogens with zero attached hydrogens (tertiary/aromatic N) is 2. The number of anilines is 1. The zero-order valence-corrected chi connectivity index (χ0v) is 20.7. The van der Waals surface area contributed by atoms with E-state index in [2.05, 4.69) is 4.57 Å². The summed E-state index contributed by atoms with van der Waals surface area (Å²) in [6.45, 7) is 3.94. The number of Topliss-reactive ketones (excluding diaryl/α,β-unsaturated/α-hetero) is 1. The molecule has 0 radical (unpaired) electrons. The highest BCUT2D eigenvalue weighted by Gasteiger charge is 2.30. The number of hydrogen-bond acceptors (Lipinski definition) is 5. The molecule has 0 amide bonds. The Balaban J connectivity index is 1.27. The summed E-state index contributed by atoms with van der Waals surface area (Å²) in [5, 5.41) is 0. The Bertz CT molecular complexity index is 1400. The second-order valence-corrected chi connectivity index (χ2v) is 11.1. The van der Waals surface area contributed by atoms with Gasteiger partial charge in [0.15, 0.2) is 6.61 Å². The van der Waals surface area contributed by atoms with E-state index in [4.69, 9.17) is 4.74 Å². The highest BCUT2D eigenvalue weighted by Crippen LogP contribution is 2.38. The Hall–Kier alpha value is -3.39. The molecule has 2 aromatic carbocycles. The third-order valence-corrected chi connectivity index (χ3v) is 8.60. The number of sulfonamides is 1. The van der Waals surface area contributed by atoms with E-state index in [-0.39, 0.29) is 22.8 Å². The van der Waals surface area contributed by atoms with Crippen LogP contribution in [-0.4, -0.2) is 37.9 Å².